The molecule has 1 fully saturated rings. The summed E-state index contributed by atoms with van der Waals surface area (Å²) in [6, 6.07) is 13.0. The van der Waals surface area contributed by atoms with Crippen LogP contribution in [0.25, 0.3) is 10.8 Å². The van der Waals surface area contributed by atoms with E-state index in [1.807, 2.05) is 6.07 Å². The number of rotatable bonds is 2. The van der Waals surface area contributed by atoms with E-state index in [-0.39, 0.29) is 0 Å². The Bertz CT molecular complexity index is 498. The van der Waals surface area contributed by atoms with Gasteiger partial charge in [-0.3, -0.25) is 0 Å². The van der Waals surface area contributed by atoms with Gasteiger partial charge in [0, 0.05) is 0 Å². The topological polar surface area (TPSA) is 9.23 Å². The molecule has 15 heavy (non-hydrogen) atoms. The third kappa shape index (κ3) is 1.58. The Balaban J connectivity index is 2.11. The highest BCUT2D eigenvalue weighted by Gasteiger charge is 2.23. The van der Waals surface area contributed by atoms with Crippen LogP contribution in [0.1, 0.15) is 24.3 Å². The van der Waals surface area contributed by atoms with E-state index in [2.05, 4.69) is 30.3 Å². The van der Waals surface area contributed by atoms with Gasteiger partial charge in [0.2, 0.25) is 0 Å². The number of ether oxygens (including phenoxy) is 1. The van der Waals surface area contributed by atoms with E-state index in [4.69, 9.17) is 4.74 Å². The molecule has 0 radical (unpaired) electrons. The van der Waals surface area contributed by atoms with Crippen molar-refractivity contribution in [2.24, 2.45) is 0 Å². The lowest BCUT2D eigenvalue weighted by atomic mass is 10.0. The van der Waals surface area contributed by atoms with Crippen LogP contribution < -0.4 is 4.74 Å². The second-order valence-corrected chi connectivity index (χ2v) is 4.25. The predicted molar refractivity (Wildman–Crippen MR) is 62.5 cm³/mol. The zero-order chi connectivity index (χ0) is 10.3. The summed E-state index contributed by atoms with van der Waals surface area (Å²) in [7, 11) is 1.71. The lowest BCUT2D eigenvalue weighted by Gasteiger charge is -2.04. The highest BCUT2D eigenvalue weighted by Crippen LogP contribution is 2.41. The van der Waals surface area contributed by atoms with Crippen molar-refractivity contribution in [1.29, 1.82) is 0 Å². The fourth-order valence-corrected chi connectivity index (χ4v) is 2.04. The fourth-order valence-electron chi connectivity index (χ4n) is 2.04. The Morgan fingerprint density at radius 2 is 1.73 bits per heavy atom. The molecule has 3 rings (SSSR count). The summed E-state index contributed by atoms with van der Waals surface area (Å²) in [4.78, 5) is 0. The molecule has 0 heterocycles. The van der Waals surface area contributed by atoms with Gasteiger partial charge < -0.3 is 4.74 Å². The molecule has 0 spiro atoms. The molecule has 0 atom stereocenters. The third-order valence-electron chi connectivity index (χ3n) is 3.12. The van der Waals surface area contributed by atoms with Crippen molar-refractivity contribution >= 4 is 10.8 Å². The molecule has 2 aromatic rings. The maximum Gasteiger partial charge on any atom is 0.119 e. The van der Waals surface area contributed by atoms with Crippen LogP contribution in [0.15, 0.2) is 36.4 Å². The third-order valence-corrected chi connectivity index (χ3v) is 3.12. The normalized spacial score (nSPS) is 15.5. The van der Waals surface area contributed by atoms with Crippen LogP contribution in [-0.4, -0.2) is 7.11 Å². The van der Waals surface area contributed by atoms with Gasteiger partial charge in [0.15, 0.2) is 0 Å². The minimum atomic E-state index is 0.830. The van der Waals surface area contributed by atoms with Gasteiger partial charge in [-0.2, -0.15) is 0 Å². The molecule has 1 aliphatic carbocycles. The fraction of sp³-hybridized carbons (Fsp3) is 0.286. The van der Waals surface area contributed by atoms with Crippen LogP contribution in [0.2, 0.25) is 0 Å². The van der Waals surface area contributed by atoms with Gasteiger partial charge in [0.05, 0.1) is 7.11 Å². The minimum absolute atomic E-state index is 0.830. The molecule has 0 N–H and O–H groups in total. The molecule has 1 nitrogen and oxygen atoms in total. The molecule has 0 bridgehead atoms. The summed E-state index contributed by atoms with van der Waals surface area (Å²) < 4.78 is 5.21. The summed E-state index contributed by atoms with van der Waals surface area (Å²) in [5.41, 5.74) is 1.49. The monoisotopic (exact) mass is 198 g/mol. The number of hydrogen-bond donors (Lipinski definition) is 0. The Labute approximate surface area is 89.7 Å². The lowest BCUT2D eigenvalue weighted by Crippen LogP contribution is -1.84. The van der Waals surface area contributed by atoms with E-state index in [9.17, 15) is 0 Å². The van der Waals surface area contributed by atoms with Crippen LogP contribution in [0.4, 0.5) is 0 Å². The van der Waals surface area contributed by atoms with Gasteiger partial charge in [-0.05, 0) is 47.2 Å². The smallest absolute Gasteiger partial charge is 0.119 e. The average Bonchev–Trinajstić information content (AvgIpc) is 3.11. The molecule has 0 saturated heterocycles. The molecule has 1 aliphatic rings. The van der Waals surface area contributed by atoms with Crippen LogP contribution in [0, 0.1) is 0 Å². The Morgan fingerprint density at radius 3 is 2.47 bits per heavy atom. The molecule has 76 valence electrons. The molecule has 0 amide bonds. The number of methoxy groups -OCH3 is 1. The van der Waals surface area contributed by atoms with Crippen molar-refractivity contribution in [3.8, 4) is 5.75 Å². The SMILES string of the molecule is COc1ccc2cc(C3CC3)ccc2c1. The standard InChI is InChI=1S/C14H14O/c1-15-14-7-6-12-8-11(10-2-3-10)4-5-13(12)9-14/h4-10H,2-3H2,1H3. The molecular weight excluding hydrogens is 184 g/mol. The second-order valence-electron chi connectivity index (χ2n) is 4.25. The second kappa shape index (κ2) is 3.27. The Hall–Kier alpha value is -1.50. The summed E-state index contributed by atoms with van der Waals surface area (Å²) in [6.07, 6.45) is 2.73. The van der Waals surface area contributed by atoms with E-state index in [1.54, 1.807) is 7.11 Å². The van der Waals surface area contributed by atoms with E-state index in [0.717, 1.165) is 11.7 Å². The van der Waals surface area contributed by atoms with E-state index in [0.29, 0.717) is 0 Å². The Kier molecular flexibility index (Phi) is 1.91. The summed E-state index contributed by atoms with van der Waals surface area (Å²) in [5.74, 6) is 1.76. The van der Waals surface area contributed by atoms with Gasteiger partial charge in [-0.1, -0.05) is 24.3 Å². The van der Waals surface area contributed by atoms with Crippen molar-refractivity contribution in [3.63, 3.8) is 0 Å². The summed E-state index contributed by atoms with van der Waals surface area (Å²) in [5, 5.41) is 2.58. The summed E-state index contributed by atoms with van der Waals surface area (Å²) >= 11 is 0. The molecule has 1 saturated carbocycles. The van der Waals surface area contributed by atoms with E-state index in [1.165, 1.54) is 29.2 Å². The van der Waals surface area contributed by atoms with Crippen molar-refractivity contribution in [3.05, 3.63) is 42.0 Å². The number of fused-ring (bicyclic) bond motifs is 1. The molecule has 1 heteroatoms. The van der Waals surface area contributed by atoms with E-state index >= 15 is 0 Å². The van der Waals surface area contributed by atoms with Crippen LogP contribution in [0.3, 0.4) is 0 Å². The predicted octanol–water partition coefficient (Wildman–Crippen LogP) is 3.73. The Morgan fingerprint density at radius 1 is 1.00 bits per heavy atom. The average molecular weight is 198 g/mol. The van der Waals surface area contributed by atoms with Crippen LogP contribution in [0.5, 0.6) is 5.75 Å². The first-order valence-electron chi connectivity index (χ1n) is 5.44. The highest BCUT2D eigenvalue weighted by molar-refractivity contribution is 5.84. The molecule has 0 aromatic heterocycles. The minimum Gasteiger partial charge on any atom is -0.497 e. The number of hydrogen-bond acceptors (Lipinski definition) is 1. The van der Waals surface area contributed by atoms with Crippen LogP contribution in [-0.2, 0) is 0 Å². The van der Waals surface area contributed by atoms with Gasteiger partial charge in [0.1, 0.15) is 5.75 Å². The first kappa shape index (κ1) is 8.78. The molecule has 2 aromatic carbocycles. The van der Waals surface area contributed by atoms with Gasteiger partial charge in [-0.25, -0.2) is 0 Å². The van der Waals surface area contributed by atoms with Crippen molar-refractivity contribution in [2.45, 2.75) is 18.8 Å². The zero-order valence-electron chi connectivity index (χ0n) is 8.86. The van der Waals surface area contributed by atoms with Gasteiger partial charge >= 0.3 is 0 Å². The molecular formula is C14H14O. The van der Waals surface area contributed by atoms with E-state index < -0.39 is 0 Å². The maximum atomic E-state index is 5.21. The van der Waals surface area contributed by atoms with Crippen molar-refractivity contribution in [1.82, 2.24) is 0 Å². The van der Waals surface area contributed by atoms with Crippen molar-refractivity contribution in [2.75, 3.05) is 7.11 Å². The van der Waals surface area contributed by atoms with Gasteiger partial charge in [0.25, 0.3) is 0 Å². The van der Waals surface area contributed by atoms with Gasteiger partial charge in [-0.15, -0.1) is 0 Å². The molecule has 0 unspecified atom stereocenters. The zero-order valence-corrected chi connectivity index (χ0v) is 8.86. The molecule has 0 aliphatic heterocycles. The first-order valence-corrected chi connectivity index (χ1v) is 5.44. The van der Waals surface area contributed by atoms with Crippen LogP contribution >= 0.6 is 0 Å². The quantitative estimate of drug-likeness (QED) is 0.714. The largest absolute Gasteiger partial charge is 0.497 e. The van der Waals surface area contributed by atoms with Crippen molar-refractivity contribution < 1.29 is 4.74 Å². The summed E-state index contributed by atoms with van der Waals surface area (Å²) in [6.45, 7) is 0. The highest BCUT2D eigenvalue weighted by atomic mass is 16.5. The maximum absolute atomic E-state index is 5.21. The first-order chi connectivity index (χ1) is 7.36. The lowest BCUT2D eigenvalue weighted by molar-refractivity contribution is 0.415. The number of benzene rings is 2.